The average molecular weight is 716 g/mol. The zero-order valence-electron chi connectivity index (χ0n) is 31.5. The van der Waals surface area contributed by atoms with Crippen molar-refractivity contribution in [3.05, 3.63) is 228 Å². The van der Waals surface area contributed by atoms with Crippen LogP contribution in [0.15, 0.2) is 205 Å². The molecule has 0 atom stereocenters. The maximum absolute atomic E-state index is 5.26. The van der Waals surface area contributed by atoms with Gasteiger partial charge in [0.2, 0.25) is 0 Å². The van der Waals surface area contributed by atoms with E-state index in [1.165, 1.54) is 54.9 Å². The molecule has 0 fully saturated rings. The molecule has 0 spiro atoms. The van der Waals surface area contributed by atoms with E-state index >= 15 is 0 Å². The van der Waals surface area contributed by atoms with E-state index in [2.05, 4.69) is 189 Å². The molecule has 8 aromatic carbocycles. The van der Waals surface area contributed by atoms with Crippen LogP contribution < -0.4 is 0 Å². The van der Waals surface area contributed by atoms with Gasteiger partial charge in [-0.3, -0.25) is 4.99 Å². The average Bonchev–Trinajstić information content (AvgIpc) is 3.28. The van der Waals surface area contributed by atoms with Crippen molar-refractivity contribution in [2.24, 2.45) is 4.99 Å². The Morgan fingerprint density at radius 2 is 1.11 bits per heavy atom. The van der Waals surface area contributed by atoms with Crippen LogP contribution in [0.1, 0.15) is 41.2 Å². The lowest BCUT2D eigenvalue weighted by molar-refractivity contribution is 1.00. The zero-order chi connectivity index (χ0) is 37.8. The Morgan fingerprint density at radius 3 is 1.82 bits per heavy atom. The molecule has 0 amide bonds. The quantitative estimate of drug-likeness (QED) is 0.0643. The first-order chi connectivity index (χ1) is 27.6. The highest BCUT2D eigenvalue weighted by Gasteiger charge is 2.16. The molecule has 1 aliphatic rings. The van der Waals surface area contributed by atoms with Crippen molar-refractivity contribution in [2.45, 2.75) is 19.8 Å². The number of allylic oxidation sites excluding steroid dienone is 3. The lowest BCUT2D eigenvalue weighted by Gasteiger charge is -2.19. The van der Waals surface area contributed by atoms with Crippen LogP contribution in [0.4, 0.5) is 0 Å². The van der Waals surface area contributed by atoms with Crippen molar-refractivity contribution in [1.29, 1.82) is 0 Å². The van der Waals surface area contributed by atoms with E-state index in [1.54, 1.807) is 0 Å². The molecule has 0 heterocycles. The summed E-state index contributed by atoms with van der Waals surface area (Å²) in [6.45, 7) is 6.10. The van der Waals surface area contributed by atoms with Crippen molar-refractivity contribution in [1.82, 2.24) is 0 Å². The van der Waals surface area contributed by atoms with Crippen LogP contribution in [0, 0.1) is 0 Å². The SMILES string of the molecule is C=C=C(/C=C(\N=C(C)c1cccc(-c2cc(-c3ccccc3)cc(-c3ccc4c5c(c6ccccc6c4c3)C=CCC5)c2)c1)c1ccccc1)c1ccccc1. The Morgan fingerprint density at radius 1 is 0.518 bits per heavy atom. The molecule has 0 aliphatic heterocycles. The molecular formula is C55H41N. The number of aliphatic imine (C=N–C) groups is 1. The Bertz CT molecular complexity index is 2880. The van der Waals surface area contributed by atoms with Crippen molar-refractivity contribution in [3.8, 4) is 33.4 Å². The van der Waals surface area contributed by atoms with Crippen LogP contribution in [0.3, 0.4) is 0 Å². The summed E-state index contributed by atoms with van der Waals surface area (Å²) in [5.41, 5.74) is 18.9. The molecule has 0 aromatic heterocycles. The van der Waals surface area contributed by atoms with Crippen LogP contribution in [-0.4, -0.2) is 5.71 Å². The van der Waals surface area contributed by atoms with E-state index in [9.17, 15) is 0 Å². The first kappa shape index (κ1) is 34.7. The number of hydrogen-bond donors (Lipinski definition) is 0. The predicted molar refractivity (Wildman–Crippen MR) is 241 cm³/mol. The van der Waals surface area contributed by atoms with Crippen molar-refractivity contribution >= 4 is 44.6 Å². The van der Waals surface area contributed by atoms with Gasteiger partial charge in [0.1, 0.15) is 0 Å². The number of fused-ring (bicyclic) bond motifs is 6. The van der Waals surface area contributed by atoms with Gasteiger partial charge in [-0.1, -0.05) is 164 Å². The Balaban J connectivity index is 1.16. The molecule has 9 rings (SSSR count). The molecule has 8 aromatic rings. The molecule has 0 N–H and O–H groups in total. The van der Waals surface area contributed by atoms with Crippen molar-refractivity contribution in [3.63, 3.8) is 0 Å². The minimum atomic E-state index is 0.859. The summed E-state index contributed by atoms with van der Waals surface area (Å²) in [7, 11) is 0. The second kappa shape index (κ2) is 15.4. The summed E-state index contributed by atoms with van der Waals surface area (Å²) in [6.07, 6.45) is 8.87. The van der Waals surface area contributed by atoms with Gasteiger partial charge in [-0.25, -0.2) is 0 Å². The third-order valence-electron chi connectivity index (χ3n) is 10.9. The number of rotatable bonds is 8. The molecule has 0 bridgehead atoms. The third kappa shape index (κ3) is 6.89. The van der Waals surface area contributed by atoms with Crippen LogP contribution in [0.5, 0.6) is 0 Å². The Labute approximate surface area is 329 Å². The number of nitrogens with zero attached hydrogens (tertiary/aromatic N) is 1. The molecule has 56 heavy (non-hydrogen) atoms. The van der Waals surface area contributed by atoms with Gasteiger partial charge in [-0.05, 0) is 133 Å². The van der Waals surface area contributed by atoms with E-state index in [0.29, 0.717) is 0 Å². The normalized spacial score (nSPS) is 12.7. The highest BCUT2D eigenvalue weighted by atomic mass is 14.8. The second-order valence-corrected chi connectivity index (χ2v) is 14.4. The topological polar surface area (TPSA) is 12.4 Å². The molecule has 1 nitrogen and oxygen atoms in total. The highest BCUT2D eigenvalue weighted by molar-refractivity contribution is 6.14. The minimum absolute atomic E-state index is 0.859. The fraction of sp³-hybridized carbons (Fsp3) is 0.0545. The number of hydrogen-bond acceptors (Lipinski definition) is 1. The van der Waals surface area contributed by atoms with Gasteiger partial charge >= 0.3 is 0 Å². The van der Waals surface area contributed by atoms with Gasteiger partial charge in [0.05, 0.1) is 5.70 Å². The standard InChI is InChI=1S/C55H41N/c1-3-39(40-18-7-4-8-19-40)37-55(42-22-11-6-12-23-42)56-38(2)43-24-17-25-44(32-43)47-33-46(41-20-9-5-10-21-41)34-48(35-47)45-30-31-53-51-28-14-13-26-49(51)50-27-15-16-29-52(50)54(53)36-45/h4-13,15-27,29-37H,1,14,28H2,2H3/b55-37-,56-38?. The number of benzene rings is 8. The fourth-order valence-corrected chi connectivity index (χ4v) is 8.07. The summed E-state index contributed by atoms with van der Waals surface area (Å²) >= 11 is 0. The monoisotopic (exact) mass is 715 g/mol. The summed E-state index contributed by atoms with van der Waals surface area (Å²) in [5.74, 6) is 0. The van der Waals surface area contributed by atoms with Gasteiger partial charge in [0.25, 0.3) is 0 Å². The molecule has 266 valence electrons. The summed E-state index contributed by atoms with van der Waals surface area (Å²) < 4.78 is 0. The predicted octanol–water partition coefficient (Wildman–Crippen LogP) is 14.7. The summed E-state index contributed by atoms with van der Waals surface area (Å²) in [5, 5.41) is 5.31. The molecular weight excluding hydrogens is 675 g/mol. The first-order valence-electron chi connectivity index (χ1n) is 19.4. The van der Waals surface area contributed by atoms with Crippen LogP contribution >= 0.6 is 0 Å². The molecule has 0 radical (unpaired) electrons. The van der Waals surface area contributed by atoms with Gasteiger partial charge in [0, 0.05) is 16.8 Å². The van der Waals surface area contributed by atoms with Crippen molar-refractivity contribution < 1.29 is 0 Å². The second-order valence-electron chi connectivity index (χ2n) is 14.4. The lowest BCUT2D eigenvalue weighted by Crippen LogP contribution is -1.98. The molecule has 1 aliphatic carbocycles. The van der Waals surface area contributed by atoms with E-state index in [-0.39, 0.29) is 0 Å². The number of aryl methyl sites for hydroxylation is 1. The molecule has 1 heteroatoms. The largest absolute Gasteiger partial charge is 0.252 e. The third-order valence-corrected chi connectivity index (χ3v) is 10.9. The van der Waals surface area contributed by atoms with Crippen LogP contribution in [-0.2, 0) is 6.42 Å². The van der Waals surface area contributed by atoms with Gasteiger partial charge < -0.3 is 0 Å². The van der Waals surface area contributed by atoms with E-state index in [1.807, 2.05) is 24.3 Å². The maximum Gasteiger partial charge on any atom is 0.0717 e. The summed E-state index contributed by atoms with van der Waals surface area (Å²) in [6, 6.07) is 63.0. The Hall–Kier alpha value is -7.05. The Kier molecular flexibility index (Phi) is 9.52. The van der Waals surface area contributed by atoms with E-state index in [4.69, 9.17) is 4.99 Å². The lowest BCUT2D eigenvalue weighted by atomic mass is 9.85. The molecule has 0 unspecified atom stereocenters. The smallest absolute Gasteiger partial charge is 0.0717 e. The zero-order valence-corrected chi connectivity index (χ0v) is 31.5. The maximum atomic E-state index is 5.26. The van der Waals surface area contributed by atoms with Gasteiger partial charge in [0.15, 0.2) is 0 Å². The van der Waals surface area contributed by atoms with E-state index < -0.39 is 0 Å². The molecule has 0 saturated carbocycles. The van der Waals surface area contributed by atoms with Gasteiger partial charge in [-0.2, -0.15) is 0 Å². The van der Waals surface area contributed by atoms with Crippen molar-refractivity contribution in [2.75, 3.05) is 0 Å². The minimum Gasteiger partial charge on any atom is -0.252 e. The van der Waals surface area contributed by atoms with Crippen LogP contribution in [0.2, 0.25) is 0 Å². The summed E-state index contributed by atoms with van der Waals surface area (Å²) in [4.78, 5) is 5.26. The van der Waals surface area contributed by atoms with E-state index in [0.717, 1.165) is 57.6 Å². The highest BCUT2D eigenvalue weighted by Crippen LogP contribution is 2.40. The van der Waals surface area contributed by atoms with Gasteiger partial charge in [-0.15, -0.1) is 5.73 Å². The van der Waals surface area contributed by atoms with Crippen LogP contribution in [0.25, 0.3) is 72.3 Å². The fourth-order valence-electron chi connectivity index (χ4n) is 8.07. The first-order valence-corrected chi connectivity index (χ1v) is 19.4. The molecule has 0 saturated heterocycles.